The van der Waals surface area contributed by atoms with Gasteiger partial charge in [0.1, 0.15) is 18.0 Å². The minimum absolute atomic E-state index is 0.129. The van der Waals surface area contributed by atoms with Crippen molar-refractivity contribution in [3.8, 4) is 28.4 Å². The number of nitrogens with one attached hydrogen (secondary N) is 1. The number of benzene rings is 2. The van der Waals surface area contributed by atoms with Gasteiger partial charge < -0.3 is 23.5 Å². The highest BCUT2D eigenvalue weighted by atomic mass is 35.5. The van der Waals surface area contributed by atoms with Gasteiger partial charge >= 0.3 is 0 Å². The van der Waals surface area contributed by atoms with Crippen molar-refractivity contribution >= 4 is 29.4 Å². The van der Waals surface area contributed by atoms with E-state index in [1.54, 1.807) is 67.4 Å². The van der Waals surface area contributed by atoms with Crippen molar-refractivity contribution in [2.45, 2.75) is 0 Å². The maximum Gasteiger partial charge on any atom is 0.290 e. The zero-order valence-corrected chi connectivity index (χ0v) is 21.9. The predicted molar refractivity (Wildman–Crippen MR) is 142 cm³/mol. The summed E-state index contributed by atoms with van der Waals surface area (Å²) in [5.41, 5.74) is 2.04. The minimum atomic E-state index is -0.453. The fraction of sp³-hybridized carbons (Fsp3) is 0.222. The molecule has 0 aliphatic heterocycles. The van der Waals surface area contributed by atoms with Gasteiger partial charge in [0, 0.05) is 48.6 Å². The molecule has 4 rings (SSSR count). The third-order valence-corrected chi connectivity index (χ3v) is 5.88. The summed E-state index contributed by atoms with van der Waals surface area (Å²) in [6, 6.07) is 15.7. The Labute approximate surface area is 224 Å². The van der Waals surface area contributed by atoms with Gasteiger partial charge in [-0.05, 0) is 24.3 Å². The van der Waals surface area contributed by atoms with Gasteiger partial charge in [-0.3, -0.25) is 19.5 Å². The van der Waals surface area contributed by atoms with E-state index in [1.165, 1.54) is 18.3 Å². The third-order valence-electron chi connectivity index (χ3n) is 5.63. The van der Waals surface area contributed by atoms with Crippen LogP contribution in [0.5, 0.6) is 11.5 Å². The summed E-state index contributed by atoms with van der Waals surface area (Å²) in [6.45, 7) is 0.202. The molecular formula is C27H27ClN4O6. The monoisotopic (exact) mass is 538 g/mol. The molecule has 0 aliphatic rings. The van der Waals surface area contributed by atoms with Gasteiger partial charge in [0.25, 0.3) is 5.91 Å². The summed E-state index contributed by atoms with van der Waals surface area (Å²) in [7, 11) is 4.63. The number of hydrogen-bond acceptors (Lipinski definition) is 7. The molecule has 198 valence electrons. The number of hydrogen-bond donors (Lipinski definition) is 1. The maximum atomic E-state index is 13.2. The van der Waals surface area contributed by atoms with Gasteiger partial charge in [-0.25, -0.2) is 4.98 Å². The molecule has 0 spiro atoms. The first-order chi connectivity index (χ1) is 18.4. The highest BCUT2D eigenvalue weighted by molar-refractivity contribution is 6.30. The number of rotatable bonds is 11. The summed E-state index contributed by atoms with van der Waals surface area (Å²) in [4.78, 5) is 32.1. The number of aromatic nitrogens is 2. The lowest BCUT2D eigenvalue weighted by atomic mass is 10.2. The molecule has 1 N–H and O–H groups in total. The van der Waals surface area contributed by atoms with Crippen LogP contribution in [0.4, 0.5) is 5.95 Å². The number of methoxy groups -OCH3 is 3. The average molecular weight is 539 g/mol. The number of furan rings is 1. The minimum Gasteiger partial charge on any atom is -0.497 e. The van der Waals surface area contributed by atoms with E-state index in [-0.39, 0.29) is 31.4 Å². The van der Waals surface area contributed by atoms with Crippen molar-refractivity contribution < 1.29 is 28.2 Å². The molecule has 2 aromatic heterocycles. The van der Waals surface area contributed by atoms with Crippen molar-refractivity contribution in [1.29, 1.82) is 0 Å². The second kappa shape index (κ2) is 12.3. The fourth-order valence-corrected chi connectivity index (χ4v) is 3.83. The molecular weight excluding hydrogens is 512 g/mol. The molecule has 0 fully saturated rings. The number of ether oxygens (including phenoxy) is 3. The Kier molecular flexibility index (Phi) is 8.67. The lowest BCUT2D eigenvalue weighted by Gasteiger charge is -2.20. The van der Waals surface area contributed by atoms with E-state index in [4.69, 9.17) is 30.2 Å². The number of carbonyl (C=O) groups is 2. The van der Waals surface area contributed by atoms with Crippen LogP contribution in [0.15, 0.2) is 71.5 Å². The van der Waals surface area contributed by atoms with E-state index in [9.17, 15) is 9.59 Å². The predicted octanol–water partition coefficient (Wildman–Crippen LogP) is 4.53. The lowest BCUT2D eigenvalue weighted by molar-refractivity contribution is -0.117. The fourth-order valence-electron chi connectivity index (χ4n) is 3.70. The molecule has 38 heavy (non-hydrogen) atoms. The first kappa shape index (κ1) is 26.8. The Morgan fingerprint density at radius 1 is 1.05 bits per heavy atom. The normalized spacial score (nSPS) is 10.7. The Bertz CT molecular complexity index is 1360. The smallest absolute Gasteiger partial charge is 0.290 e. The van der Waals surface area contributed by atoms with E-state index in [0.29, 0.717) is 27.9 Å². The van der Waals surface area contributed by atoms with Crippen LogP contribution >= 0.6 is 11.6 Å². The van der Waals surface area contributed by atoms with Crippen molar-refractivity contribution in [1.82, 2.24) is 14.5 Å². The Morgan fingerprint density at radius 3 is 2.37 bits per heavy atom. The molecule has 10 nitrogen and oxygen atoms in total. The summed E-state index contributed by atoms with van der Waals surface area (Å²) < 4.78 is 22.9. The number of halogens is 1. The second-order valence-corrected chi connectivity index (χ2v) is 8.58. The number of amides is 2. The summed E-state index contributed by atoms with van der Waals surface area (Å²) >= 11 is 6.06. The van der Waals surface area contributed by atoms with E-state index < -0.39 is 11.8 Å². The molecule has 0 unspecified atom stereocenters. The van der Waals surface area contributed by atoms with Gasteiger partial charge in [0.15, 0.2) is 5.76 Å². The first-order valence-electron chi connectivity index (χ1n) is 11.6. The topological polar surface area (TPSA) is 108 Å². The molecule has 0 bridgehead atoms. The molecule has 0 radical (unpaired) electrons. The lowest BCUT2D eigenvalue weighted by Crippen LogP contribution is -2.40. The molecule has 0 atom stereocenters. The molecule has 4 aromatic rings. The third kappa shape index (κ3) is 6.34. The molecule has 0 saturated heterocycles. The Hall–Kier alpha value is -4.28. The number of carbonyl (C=O) groups excluding carboxylic acids is 2. The van der Waals surface area contributed by atoms with Crippen LogP contribution in [0, 0.1) is 0 Å². The molecule has 2 amide bonds. The highest BCUT2D eigenvalue weighted by Crippen LogP contribution is 2.30. The summed E-state index contributed by atoms with van der Waals surface area (Å²) in [5, 5.41) is 3.43. The summed E-state index contributed by atoms with van der Waals surface area (Å²) in [5.74, 6) is 0.618. The van der Waals surface area contributed by atoms with Crippen LogP contribution < -0.4 is 14.8 Å². The highest BCUT2D eigenvalue weighted by Gasteiger charge is 2.22. The number of imidazole rings is 1. The van der Waals surface area contributed by atoms with Crippen LogP contribution in [0.2, 0.25) is 5.02 Å². The Morgan fingerprint density at radius 2 is 1.76 bits per heavy atom. The van der Waals surface area contributed by atoms with Crippen molar-refractivity contribution in [2.24, 2.45) is 0 Å². The van der Waals surface area contributed by atoms with Gasteiger partial charge in [0.2, 0.25) is 11.9 Å². The van der Waals surface area contributed by atoms with Gasteiger partial charge in [-0.2, -0.15) is 0 Å². The van der Waals surface area contributed by atoms with Gasteiger partial charge in [-0.1, -0.05) is 23.7 Å². The largest absolute Gasteiger partial charge is 0.497 e. The van der Waals surface area contributed by atoms with E-state index in [2.05, 4.69) is 10.3 Å². The Balaban J connectivity index is 1.67. The van der Waals surface area contributed by atoms with Crippen LogP contribution in [-0.4, -0.2) is 67.3 Å². The van der Waals surface area contributed by atoms with E-state index in [1.807, 2.05) is 12.1 Å². The van der Waals surface area contributed by atoms with Crippen LogP contribution in [-0.2, 0) is 9.53 Å². The van der Waals surface area contributed by atoms with Crippen molar-refractivity contribution in [3.05, 3.63) is 77.8 Å². The second-order valence-electron chi connectivity index (χ2n) is 8.14. The number of anilines is 1. The van der Waals surface area contributed by atoms with Crippen molar-refractivity contribution in [2.75, 3.05) is 46.3 Å². The van der Waals surface area contributed by atoms with Gasteiger partial charge in [-0.15, -0.1) is 0 Å². The summed E-state index contributed by atoms with van der Waals surface area (Å²) in [6.07, 6.45) is 3.18. The van der Waals surface area contributed by atoms with Crippen molar-refractivity contribution in [3.63, 3.8) is 0 Å². The molecule has 11 heteroatoms. The molecule has 2 aromatic carbocycles. The molecule has 0 saturated carbocycles. The molecule has 0 aliphatic carbocycles. The quantitative estimate of drug-likeness (QED) is 0.299. The maximum absolute atomic E-state index is 13.2. The SMILES string of the molecule is COCCN(CC(=O)Nc1nc(-c2ccc(Cl)cc2)cn1-c1cc(OC)cc(OC)c1)C(=O)c1ccco1. The zero-order chi connectivity index (χ0) is 27.1. The van der Waals surface area contributed by atoms with E-state index >= 15 is 0 Å². The van der Waals surface area contributed by atoms with Crippen LogP contribution in [0.1, 0.15) is 10.6 Å². The van der Waals surface area contributed by atoms with E-state index in [0.717, 1.165) is 5.56 Å². The first-order valence-corrected chi connectivity index (χ1v) is 12.0. The average Bonchev–Trinajstić information content (AvgIpc) is 3.61. The van der Waals surface area contributed by atoms with Crippen LogP contribution in [0.25, 0.3) is 16.9 Å². The zero-order valence-electron chi connectivity index (χ0n) is 21.1. The van der Waals surface area contributed by atoms with Gasteiger partial charge in [0.05, 0.1) is 38.5 Å². The standard InChI is InChI=1S/C27H27ClN4O6/c1-35-12-10-31(26(34)24-5-4-11-38-24)17-25(33)30-27-29-23(18-6-8-19(28)9-7-18)16-32(27)20-13-21(36-2)15-22(14-20)37-3/h4-9,11,13-16H,10,12,17H2,1-3H3,(H,29,30,33). The number of nitrogens with zero attached hydrogens (tertiary/aromatic N) is 3. The molecule has 2 heterocycles. The van der Waals surface area contributed by atoms with Crippen LogP contribution in [0.3, 0.4) is 0 Å².